The van der Waals surface area contributed by atoms with E-state index in [2.05, 4.69) is 6.92 Å². The van der Waals surface area contributed by atoms with Crippen LogP contribution in [-0.2, 0) is 23.1 Å². The van der Waals surface area contributed by atoms with Gasteiger partial charge in [-0.05, 0) is 33.6 Å². The van der Waals surface area contributed by atoms with Crippen LogP contribution in [0.5, 0.6) is 0 Å². The van der Waals surface area contributed by atoms with Crippen LogP contribution in [0, 0.1) is 0 Å². The summed E-state index contributed by atoms with van der Waals surface area (Å²) in [7, 11) is -3.16. The number of hydrogen-bond donors (Lipinski definition) is 0. The van der Waals surface area contributed by atoms with Gasteiger partial charge in [0.1, 0.15) is 0 Å². The van der Waals surface area contributed by atoms with Crippen LogP contribution < -0.4 is 0 Å². The average Bonchev–Trinajstić information content (AvgIpc) is 2.43. The van der Waals surface area contributed by atoms with Gasteiger partial charge in [0, 0.05) is 5.57 Å². The minimum absolute atomic E-state index is 0.106. The molecule has 0 heterocycles. The zero-order valence-corrected chi connectivity index (χ0v) is 14.6. The Hall–Kier alpha value is -0.640. The van der Waals surface area contributed by atoms with Crippen molar-refractivity contribution in [3.63, 3.8) is 0 Å². The van der Waals surface area contributed by atoms with Crippen LogP contribution in [0.25, 0.3) is 0 Å². The largest absolute Gasteiger partial charge is 0.463 e. The third-order valence-electron chi connectivity index (χ3n) is 2.80. The lowest BCUT2D eigenvalue weighted by atomic mass is 10.1. The van der Waals surface area contributed by atoms with Gasteiger partial charge in [0.25, 0.3) is 0 Å². The second-order valence-corrected chi connectivity index (χ2v) is 6.64. The molecule has 5 nitrogen and oxygen atoms in total. The highest BCUT2D eigenvalue weighted by Gasteiger charge is 2.23. The van der Waals surface area contributed by atoms with Gasteiger partial charge in [0.2, 0.25) is 0 Å². The van der Waals surface area contributed by atoms with Crippen molar-refractivity contribution >= 4 is 13.6 Å². The van der Waals surface area contributed by atoms with E-state index < -0.39 is 7.60 Å². The molecule has 0 amide bonds. The number of esters is 1. The third kappa shape index (κ3) is 9.07. The zero-order chi connectivity index (χ0) is 16.1. The van der Waals surface area contributed by atoms with E-state index in [9.17, 15) is 9.36 Å². The van der Waals surface area contributed by atoms with Crippen LogP contribution in [0.1, 0.15) is 53.4 Å². The van der Waals surface area contributed by atoms with Crippen LogP contribution in [0.4, 0.5) is 0 Å². The Balaban J connectivity index is 4.85. The predicted octanol–water partition coefficient (Wildman–Crippen LogP) is 4.32. The molecule has 0 bridgehead atoms. The fourth-order valence-corrected chi connectivity index (χ4v) is 3.35. The molecule has 0 aromatic rings. The molecule has 0 spiro atoms. The highest BCUT2D eigenvalue weighted by Crippen LogP contribution is 2.48. The van der Waals surface area contributed by atoms with Crippen molar-refractivity contribution < 1.29 is 23.1 Å². The van der Waals surface area contributed by atoms with Crippen molar-refractivity contribution in [2.75, 3.05) is 26.0 Å². The zero-order valence-electron chi connectivity index (χ0n) is 13.7. The van der Waals surface area contributed by atoms with Crippen LogP contribution in [0.15, 0.2) is 11.6 Å². The van der Waals surface area contributed by atoms with Gasteiger partial charge in [0.15, 0.2) is 0 Å². The lowest BCUT2D eigenvalue weighted by molar-refractivity contribution is -0.138. The van der Waals surface area contributed by atoms with E-state index in [1.807, 2.05) is 0 Å². The van der Waals surface area contributed by atoms with Crippen molar-refractivity contribution in [2.45, 2.75) is 53.4 Å². The minimum atomic E-state index is -3.16. The summed E-state index contributed by atoms with van der Waals surface area (Å²) in [6.45, 7) is 8.37. The second kappa shape index (κ2) is 12.0. The number of allylic oxidation sites excluding steroid dienone is 1. The lowest BCUT2D eigenvalue weighted by Crippen LogP contribution is -2.09. The molecule has 0 aliphatic heterocycles. The molecule has 6 heteroatoms. The molecule has 0 N–H and O–H groups in total. The maximum atomic E-state index is 12.4. The number of ether oxygens (including phenoxy) is 1. The van der Waals surface area contributed by atoms with E-state index in [1.165, 1.54) is 0 Å². The summed E-state index contributed by atoms with van der Waals surface area (Å²) in [5.74, 6) is -0.340. The molecule has 0 rings (SSSR count). The molecule has 0 unspecified atom stereocenters. The number of rotatable bonds is 12. The fourth-order valence-electron chi connectivity index (χ4n) is 1.83. The second-order valence-electron chi connectivity index (χ2n) is 4.54. The van der Waals surface area contributed by atoms with Crippen molar-refractivity contribution in [3.8, 4) is 0 Å². The van der Waals surface area contributed by atoms with Gasteiger partial charge in [-0.25, -0.2) is 4.79 Å². The van der Waals surface area contributed by atoms with Gasteiger partial charge >= 0.3 is 13.6 Å². The average molecular weight is 320 g/mol. The standard InChI is InChI=1S/C15H29O5P/c1-5-9-10-11-14(15(16)18-6-2)12-13-21(17,19-7-3)20-8-4/h12H,5-11,13H2,1-4H3/b14-12+. The van der Waals surface area contributed by atoms with Gasteiger partial charge in [-0.1, -0.05) is 25.8 Å². The number of carbonyl (C=O) groups is 1. The number of unbranched alkanes of at least 4 members (excludes halogenated alkanes) is 2. The third-order valence-corrected chi connectivity index (χ3v) is 4.73. The Morgan fingerprint density at radius 3 is 2.10 bits per heavy atom. The topological polar surface area (TPSA) is 61.8 Å². The quantitative estimate of drug-likeness (QED) is 0.232. The minimum Gasteiger partial charge on any atom is -0.463 e. The Labute approximate surface area is 128 Å². The molecule has 0 fully saturated rings. The molecule has 124 valence electrons. The maximum Gasteiger partial charge on any atom is 0.334 e. The van der Waals surface area contributed by atoms with Gasteiger partial charge in [-0.2, -0.15) is 0 Å². The smallest absolute Gasteiger partial charge is 0.334 e. The summed E-state index contributed by atoms with van der Waals surface area (Å²) in [5, 5.41) is 0. The van der Waals surface area contributed by atoms with E-state index >= 15 is 0 Å². The van der Waals surface area contributed by atoms with Crippen LogP contribution in [0.2, 0.25) is 0 Å². The van der Waals surface area contributed by atoms with Crippen molar-refractivity contribution in [3.05, 3.63) is 11.6 Å². The van der Waals surface area contributed by atoms with E-state index in [4.69, 9.17) is 13.8 Å². The van der Waals surface area contributed by atoms with Crippen LogP contribution in [0.3, 0.4) is 0 Å². The first-order valence-electron chi connectivity index (χ1n) is 7.77. The highest BCUT2D eigenvalue weighted by molar-refractivity contribution is 7.54. The van der Waals surface area contributed by atoms with Gasteiger partial charge in [-0.3, -0.25) is 4.57 Å². The lowest BCUT2D eigenvalue weighted by Gasteiger charge is -2.16. The van der Waals surface area contributed by atoms with E-state index in [-0.39, 0.29) is 12.1 Å². The molecule has 0 atom stereocenters. The fraction of sp³-hybridized carbons (Fsp3) is 0.800. The Morgan fingerprint density at radius 1 is 1.00 bits per heavy atom. The van der Waals surface area contributed by atoms with Crippen LogP contribution >= 0.6 is 7.60 Å². The first-order chi connectivity index (χ1) is 10.0. The molecule has 0 radical (unpaired) electrons. The summed E-state index contributed by atoms with van der Waals surface area (Å²) in [6.07, 6.45) is 5.42. The molecule has 0 aromatic heterocycles. The van der Waals surface area contributed by atoms with E-state index in [1.54, 1.807) is 26.8 Å². The summed E-state index contributed by atoms with van der Waals surface area (Å²) in [6, 6.07) is 0. The highest BCUT2D eigenvalue weighted by atomic mass is 31.2. The van der Waals surface area contributed by atoms with Crippen molar-refractivity contribution in [1.29, 1.82) is 0 Å². The first-order valence-corrected chi connectivity index (χ1v) is 9.50. The monoisotopic (exact) mass is 320 g/mol. The predicted molar refractivity (Wildman–Crippen MR) is 84.6 cm³/mol. The Morgan fingerprint density at radius 2 is 1.62 bits per heavy atom. The number of carbonyl (C=O) groups excluding carboxylic acids is 1. The molecule has 0 aromatic carbocycles. The van der Waals surface area contributed by atoms with Crippen molar-refractivity contribution in [2.24, 2.45) is 0 Å². The number of hydrogen-bond acceptors (Lipinski definition) is 5. The molecule has 0 saturated carbocycles. The molecule has 21 heavy (non-hydrogen) atoms. The molecule has 0 aliphatic rings. The first kappa shape index (κ1) is 20.4. The van der Waals surface area contributed by atoms with Gasteiger partial charge < -0.3 is 13.8 Å². The summed E-state index contributed by atoms with van der Waals surface area (Å²) >= 11 is 0. The Bertz CT molecular complexity index is 355. The summed E-state index contributed by atoms with van der Waals surface area (Å²) in [5.41, 5.74) is 0.560. The van der Waals surface area contributed by atoms with E-state index in [0.717, 1.165) is 19.3 Å². The Kier molecular flexibility index (Phi) is 11.6. The van der Waals surface area contributed by atoms with Gasteiger partial charge in [0.05, 0.1) is 26.0 Å². The normalized spacial score (nSPS) is 12.5. The van der Waals surface area contributed by atoms with Gasteiger partial charge in [-0.15, -0.1) is 0 Å². The van der Waals surface area contributed by atoms with Crippen LogP contribution in [-0.4, -0.2) is 32.0 Å². The summed E-state index contributed by atoms with van der Waals surface area (Å²) < 4.78 is 27.9. The maximum absolute atomic E-state index is 12.4. The van der Waals surface area contributed by atoms with Crippen molar-refractivity contribution in [1.82, 2.24) is 0 Å². The SMILES string of the molecule is CCCCC/C(=C\CP(=O)(OCC)OCC)C(=O)OCC. The molecule has 0 saturated heterocycles. The summed E-state index contributed by atoms with van der Waals surface area (Å²) in [4.78, 5) is 11.9. The molecular weight excluding hydrogens is 291 g/mol. The molecular formula is C15H29O5P. The molecule has 0 aliphatic carbocycles. The van der Waals surface area contributed by atoms with E-state index in [0.29, 0.717) is 31.8 Å².